The van der Waals surface area contributed by atoms with Crippen LogP contribution in [0.4, 0.5) is 0 Å². The van der Waals surface area contributed by atoms with Crippen molar-refractivity contribution in [1.82, 2.24) is 15.0 Å². The van der Waals surface area contributed by atoms with Crippen LogP contribution < -0.4 is 0 Å². The summed E-state index contributed by atoms with van der Waals surface area (Å²) in [5.41, 5.74) is 10.2. The number of fused-ring (bicyclic) bond motifs is 6. The molecule has 4 heteroatoms. The van der Waals surface area contributed by atoms with Crippen LogP contribution in [0.25, 0.3) is 120 Å². The summed E-state index contributed by atoms with van der Waals surface area (Å²) < 4.78 is 2.42. The molecule has 0 aliphatic heterocycles. The molecular formula is C57H35N3S. The Bertz CT molecular complexity index is 3650. The molecule has 0 aliphatic rings. The zero-order valence-corrected chi connectivity index (χ0v) is 33.8. The topological polar surface area (TPSA) is 38.7 Å². The number of rotatable bonds is 6. The highest BCUT2D eigenvalue weighted by Crippen LogP contribution is 2.45. The molecule has 2 heterocycles. The van der Waals surface area contributed by atoms with E-state index in [0.29, 0.717) is 17.5 Å². The van der Waals surface area contributed by atoms with Crippen LogP contribution in [0.3, 0.4) is 0 Å². The lowest BCUT2D eigenvalue weighted by Crippen LogP contribution is -2.01. The third-order valence-electron chi connectivity index (χ3n) is 12.0. The average molecular weight is 794 g/mol. The highest BCUT2D eigenvalue weighted by Gasteiger charge is 2.21. The Kier molecular flexibility index (Phi) is 8.36. The molecule has 0 fully saturated rings. The third kappa shape index (κ3) is 5.91. The first-order chi connectivity index (χ1) is 30.3. The van der Waals surface area contributed by atoms with Crippen LogP contribution in [0.1, 0.15) is 0 Å². The number of nitrogens with zero attached hydrogens (tertiary/aromatic N) is 3. The van der Waals surface area contributed by atoms with Crippen LogP contribution in [0.2, 0.25) is 0 Å². The van der Waals surface area contributed by atoms with E-state index in [1.165, 1.54) is 69.5 Å². The van der Waals surface area contributed by atoms with Gasteiger partial charge in [-0.3, -0.25) is 0 Å². The van der Waals surface area contributed by atoms with Crippen molar-refractivity contribution in [2.45, 2.75) is 0 Å². The summed E-state index contributed by atoms with van der Waals surface area (Å²) in [7, 11) is 0. The largest absolute Gasteiger partial charge is 0.208 e. The molecule has 3 nitrogen and oxygen atoms in total. The standard InChI is InChI=1S/C57H35N3S/c1-3-16-36(17-4-1)40-31-30-37-18-7-8-21-39(37)53(40)48-34-32-45(41-22-9-11-24-43(41)48)46-33-35-50(44-25-12-10-23-42(44)46)56-58-55(38-19-5-2-6-20-38)59-57(60-56)51-28-15-27-49-47-26-13-14-29-52(47)61-54(49)51/h1-35H. The van der Waals surface area contributed by atoms with Crippen molar-refractivity contribution < 1.29 is 0 Å². The van der Waals surface area contributed by atoms with Gasteiger partial charge >= 0.3 is 0 Å². The van der Waals surface area contributed by atoms with Crippen molar-refractivity contribution in [2.24, 2.45) is 0 Å². The molecular weight excluding hydrogens is 759 g/mol. The van der Waals surface area contributed by atoms with Crippen LogP contribution in [0.15, 0.2) is 212 Å². The SMILES string of the molecule is c1ccc(-c2nc(-c3ccc(-c4ccc(-c5c(-c6ccccc6)ccc6ccccc56)c5ccccc45)c4ccccc34)nc(-c3cccc4c3sc3ccccc34)n2)cc1. The minimum Gasteiger partial charge on any atom is -0.208 e. The summed E-state index contributed by atoms with van der Waals surface area (Å²) >= 11 is 1.79. The molecule has 12 rings (SSSR count). The van der Waals surface area contributed by atoms with Crippen molar-refractivity contribution in [1.29, 1.82) is 0 Å². The van der Waals surface area contributed by atoms with E-state index in [2.05, 4.69) is 194 Å². The second-order valence-corrected chi connectivity index (χ2v) is 16.5. The van der Waals surface area contributed by atoms with E-state index >= 15 is 0 Å². The molecule has 10 aromatic carbocycles. The highest BCUT2D eigenvalue weighted by atomic mass is 32.1. The molecule has 12 aromatic rings. The van der Waals surface area contributed by atoms with Crippen molar-refractivity contribution in [2.75, 3.05) is 0 Å². The quantitative estimate of drug-likeness (QED) is 0.168. The summed E-state index contributed by atoms with van der Waals surface area (Å²) in [4.78, 5) is 15.7. The second-order valence-electron chi connectivity index (χ2n) is 15.4. The summed E-state index contributed by atoms with van der Waals surface area (Å²) in [6.45, 7) is 0. The molecule has 0 radical (unpaired) electrons. The van der Waals surface area contributed by atoms with Gasteiger partial charge in [-0.25, -0.2) is 15.0 Å². The Morgan fingerprint density at radius 2 is 0.738 bits per heavy atom. The molecule has 2 aromatic heterocycles. The van der Waals surface area contributed by atoms with Gasteiger partial charge in [0.1, 0.15) is 0 Å². The first kappa shape index (κ1) is 35.2. The van der Waals surface area contributed by atoms with Crippen molar-refractivity contribution in [3.63, 3.8) is 0 Å². The third-order valence-corrected chi connectivity index (χ3v) is 13.2. The molecule has 0 atom stereocenters. The Balaban J connectivity index is 1.06. The predicted octanol–water partition coefficient (Wildman–Crippen LogP) is 15.7. The fourth-order valence-electron chi connectivity index (χ4n) is 9.16. The number of thiophene rings is 1. The maximum absolute atomic E-state index is 5.31. The smallest absolute Gasteiger partial charge is 0.165 e. The van der Waals surface area contributed by atoms with Gasteiger partial charge in [0, 0.05) is 36.9 Å². The lowest BCUT2D eigenvalue weighted by atomic mass is 9.85. The van der Waals surface area contributed by atoms with Gasteiger partial charge in [-0.2, -0.15) is 0 Å². The highest BCUT2D eigenvalue weighted by molar-refractivity contribution is 7.26. The number of hydrogen-bond acceptors (Lipinski definition) is 4. The number of aromatic nitrogens is 3. The molecule has 0 spiro atoms. The Hall–Kier alpha value is -7.79. The van der Waals surface area contributed by atoms with Crippen molar-refractivity contribution in [3.05, 3.63) is 212 Å². The van der Waals surface area contributed by atoms with Gasteiger partial charge in [0.25, 0.3) is 0 Å². The van der Waals surface area contributed by atoms with E-state index in [-0.39, 0.29) is 0 Å². The molecule has 0 aliphatic carbocycles. The van der Waals surface area contributed by atoms with Crippen LogP contribution in [-0.4, -0.2) is 15.0 Å². The van der Waals surface area contributed by atoms with Gasteiger partial charge in [0.15, 0.2) is 17.5 Å². The zero-order valence-electron chi connectivity index (χ0n) is 33.0. The predicted molar refractivity (Wildman–Crippen MR) is 258 cm³/mol. The average Bonchev–Trinajstić information content (AvgIpc) is 3.73. The lowest BCUT2D eigenvalue weighted by molar-refractivity contribution is 1.08. The summed E-state index contributed by atoms with van der Waals surface area (Å²) in [6.07, 6.45) is 0. The Morgan fingerprint density at radius 1 is 0.262 bits per heavy atom. The maximum atomic E-state index is 5.31. The molecule has 61 heavy (non-hydrogen) atoms. The molecule has 0 saturated heterocycles. The van der Waals surface area contributed by atoms with Gasteiger partial charge in [0.05, 0.1) is 0 Å². The summed E-state index contributed by atoms with van der Waals surface area (Å²) in [6, 6.07) is 75.9. The van der Waals surface area contributed by atoms with E-state index in [0.717, 1.165) is 33.0 Å². The zero-order chi connectivity index (χ0) is 40.3. The van der Waals surface area contributed by atoms with Gasteiger partial charge in [-0.15, -0.1) is 11.3 Å². The normalized spacial score (nSPS) is 11.6. The first-order valence-corrected chi connectivity index (χ1v) is 21.4. The Morgan fingerprint density at radius 3 is 1.44 bits per heavy atom. The van der Waals surface area contributed by atoms with E-state index in [1.807, 2.05) is 18.2 Å². The van der Waals surface area contributed by atoms with E-state index < -0.39 is 0 Å². The number of hydrogen-bond donors (Lipinski definition) is 0. The van der Waals surface area contributed by atoms with Crippen LogP contribution in [-0.2, 0) is 0 Å². The van der Waals surface area contributed by atoms with Crippen molar-refractivity contribution in [3.8, 4) is 67.5 Å². The summed E-state index contributed by atoms with van der Waals surface area (Å²) in [5.74, 6) is 1.96. The van der Waals surface area contributed by atoms with Gasteiger partial charge in [0.2, 0.25) is 0 Å². The molecule has 0 bridgehead atoms. The fraction of sp³-hybridized carbons (Fsp3) is 0. The van der Waals surface area contributed by atoms with Crippen LogP contribution >= 0.6 is 11.3 Å². The van der Waals surface area contributed by atoms with E-state index in [9.17, 15) is 0 Å². The number of benzene rings is 10. The van der Waals surface area contributed by atoms with Crippen molar-refractivity contribution >= 4 is 63.8 Å². The fourth-order valence-corrected chi connectivity index (χ4v) is 10.4. The molecule has 0 unspecified atom stereocenters. The molecule has 0 amide bonds. The lowest BCUT2D eigenvalue weighted by Gasteiger charge is -2.19. The Labute approximate surface area is 356 Å². The van der Waals surface area contributed by atoms with E-state index in [1.54, 1.807) is 11.3 Å². The minimum absolute atomic E-state index is 0.648. The van der Waals surface area contributed by atoms with E-state index in [4.69, 9.17) is 15.0 Å². The molecule has 0 N–H and O–H groups in total. The summed E-state index contributed by atoms with van der Waals surface area (Å²) in [5, 5.41) is 9.58. The minimum atomic E-state index is 0.648. The maximum Gasteiger partial charge on any atom is 0.165 e. The molecule has 284 valence electrons. The van der Waals surface area contributed by atoms with Crippen LogP contribution in [0, 0.1) is 0 Å². The van der Waals surface area contributed by atoms with Crippen LogP contribution in [0.5, 0.6) is 0 Å². The van der Waals surface area contributed by atoms with Gasteiger partial charge in [-0.05, 0) is 83.9 Å². The van der Waals surface area contributed by atoms with Gasteiger partial charge < -0.3 is 0 Å². The monoisotopic (exact) mass is 793 g/mol. The second kappa shape index (κ2) is 14.5. The first-order valence-electron chi connectivity index (χ1n) is 20.6. The molecule has 0 saturated carbocycles. The van der Waals surface area contributed by atoms with Gasteiger partial charge in [-0.1, -0.05) is 194 Å².